The molecule has 1 rings (SSSR count). The number of nitro groups is 1. The zero-order chi connectivity index (χ0) is 12.0. The fraction of sp³-hybridized carbons (Fsp3) is 0.625. The van der Waals surface area contributed by atoms with Crippen LogP contribution in [0, 0.1) is 10.1 Å². The molecule has 0 aromatic heterocycles. The largest absolute Gasteiger partial charge is 0.474 e. The lowest BCUT2D eigenvalue weighted by Crippen LogP contribution is -2.30. The van der Waals surface area contributed by atoms with E-state index in [1.165, 1.54) is 0 Å². The van der Waals surface area contributed by atoms with E-state index in [1.807, 2.05) is 0 Å². The molecule has 0 aromatic rings. The molecule has 0 spiro atoms. The molecule has 0 unspecified atom stereocenters. The molecule has 0 atom stereocenters. The van der Waals surface area contributed by atoms with Crippen molar-refractivity contribution in [3.05, 3.63) is 21.7 Å². The Bertz CT molecular complexity index is 310. The van der Waals surface area contributed by atoms with Gasteiger partial charge in [-0.25, -0.2) is 4.79 Å². The van der Waals surface area contributed by atoms with Gasteiger partial charge in [-0.2, -0.15) is 12.6 Å². The van der Waals surface area contributed by atoms with Gasteiger partial charge in [-0.1, -0.05) is 0 Å². The van der Waals surface area contributed by atoms with Crippen LogP contribution in [-0.4, -0.2) is 36.4 Å². The first-order chi connectivity index (χ1) is 7.66. The molecule has 0 radical (unpaired) electrons. The van der Waals surface area contributed by atoms with Crippen LogP contribution in [0.3, 0.4) is 0 Å². The average Bonchev–Trinajstić information content (AvgIpc) is 2.27. The Morgan fingerprint density at radius 2 is 2.44 bits per heavy atom. The smallest absolute Gasteiger partial charge is 0.415 e. The molecule has 0 bridgehead atoms. The van der Waals surface area contributed by atoms with Crippen LogP contribution in [0.1, 0.15) is 6.42 Å². The molecule has 1 aliphatic heterocycles. The second-order valence-electron chi connectivity index (χ2n) is 2.92. The molecule has 1 saturated heterocycles. The quantitative estimate of drug-likeness (QED) is 0.238. The topological polar surface area (TPSA) is 90.7 Å². The first kappa shape index (κ1) is 12.6. The van der Waals surface area contributed by atoms with Crippen LogP contribution in [0.2, 0.25) is 0 Å². The maximum absolute atomic E-state index is 11.4. The molecule has 1 aliphatic rings. The molecular weight excluding hydrogens is 236 g/mol. The van der Waals surface area contributed by atoms with Crippen molar-refractivity contribution in [3.8, 4) is 0 Å². The minimum absolute atomic E-state index is 0.0204. The maximum atomic E-state index is 11.4. The van der Waals surface area contributed by atoms with Crippen molar-refractivity contribution in [1.82, 2.24) is 5.32 Å². The zero-order valence-corrected chi connectivity index (χ0v) is 9.37. The number of nitrogens with one attached hydrogen (secondary N) is 1. The molecule has 0 aromatic carbocycles. The zero-order valence-electron chi connectivity index (χ0n) is 8.47. The van der Waals surface area contributed by atoms with Crippen LogP contribution in [-0.2, 0) is 14.3 Å². The summed E-state index contributed by atoms with van der Waals surface area (Å²) in [5, 5.41) is 13.4. The minimum Gasteiger partial charge on any atom is -0.474 e. The minimum atomic E-state index is -1.01. The van der Waals surface area contributed by atoms with Crippen molar-refractivity contribution in [1.29, 1.82) is 0 Å². The van der Waals surface area contributed by atoms with Gasteiger partial charge in [0, 0.05) is 12.3 Å². The van der Waals surface area contributed by atoms with Crippen LogP contribution >= 0.6 is 12.6 Å². The maximum Gasteiger partial charge on any atom is 0.415 e. The highest BCUT2D eigenvalue weighted by Crippen LogP contribution is 2.10. The van der Waals surface area contributed by atoms with Gasteiger partial charge in [0.1, 0.15) is 6.61 Å². The van der Waals surface area contributed by atoms with E-state index in [2.05, 4.69) is 22.7 Å². The van der Waals surface area contributed by atoms with Crippen LogP contribution < -0.4 is 5.32 Å². The Morgan fingerprint density at radius 1 is 1.69 bits per heavy atom. The van der Waals surface area contributed by atoms with E-state index in [0.717, 1.165) is 6.42 Å². The Kier molecular flexibility index (Phi) is 4.90. The average molecular weight is 248 g/mol. The van der Waals surface area contributed by atoms with Gasteiger partial charge < -0.3 is 14.8 Å². The van der Waals surface area contributed by atoms with Gasteiger partial charge in [0.05, 0.1) is 11.5 Å². The summed E-state index contributed by atoms with van der Waals surface area (Å²) in [4.78, 5) is 21.3. The highest BCUT2D eigenvalue weighted by molar-refractivity contribution is 7.80. The van der Waals surface area contributed by atoms with E-state index < -0.39 is 16.6 Å². The second kappa shape index (κ2) is 6.21. The SMILES string of the molecule is O=C(OCCS)C(=C1NCCCO1)[N+](=O)[O-]. The lowest BCUT2D eigenvalue weighted by atomic mass is 10.3. The van der Waals surface area contributed by atoms with E-state index in [0.29, 0.717) is 18.9 Å². The number of carbonyl (C=O) groups excluding carboxylic acids is 1. The van der Waals surface area contributed by atoms with Crippen molar-refractivity contribution in [2.45, 2.75) is 6.42 Å². The van der Waals surface area contributed by atoms with Gasteiger partial charge in [-0.05, 0) is 6.42 Å². The number of hydrogen-bond donors (Lipinski definition) is 2. The number of ether oxygens (including phenoxy) is 2. The molecule has 1 heterocycles. The third kappa shape index (κ3) is 3.30. The van der Waals surface area contributed by atoms with Crippen molar-refractivity contribution < 1.29 is 19.2 Å². The van der Waals surface area contributed by atoms with Gasteiger partial charge in [0.15, 0.2) is 0 Å². The molecule has 0 amide bonds. The van der Waals surface area contributed by atoms with Crippen molar-refractivity contribution in [2.75, 3.05) is 25.5 Å². The Hall–Kier alpha value is -1.44. The van der Waals surface area contributed by atoms with E-state index in [9.17, 15) is 14.9 Å². The molecule has 0 saturated carbocycles. The third-order valence-electron chi connectivity index (χ3n) is 1.77. The number of esters is 1. The van der Waals surface area contributed by atoms with Crippen LogP contribution in [0.15, 0.2) is 11.6 Å². The van der Waals surface area contributed by atoms with E-state index in [4.69, 9.17) is 4.74 Å². The molecule has 90 valence electrons. The summed E-state index contributed by atoms with van der Waals surface area (Å²) in [6.45, 7) is 0.901. The van der Waals surface area contributed by atoms with Gasteiger partial charge in [0.25, 0.3) is 5.88 Å². The molecular formula is C8H12N2O5S. The molecule has 7 nitrogen and oxygen atoms in total. The highest BCUT2D eigenvalue weighted by Gasteiger charge is 2.32. The number of thiol groups is 1. The predicted molar refractivity (Wildman–Crippen MR) is 57.4 cm³/mol. The molecule has 16 heavy (non-hydrogen) atoms. The van der Waals surface area contributed by atoms with E-state index >= 15 is 0 Å². The molecule has 1 N–H and O–H groups in total. The van der Waals surface area contributed by atoms with Crippen molar-refractivity contribution in [3.63, 3.8) is 0 Å². The lowest BCUT2D eigenvalue weighted by molar-refractivity contribution is -0.425. The van der Waals surface area contributed by atoms with Gasteiger partial charge in [0.2, 0.25) is 0 Å². The van der Waals surface area contributed by atoms with Crippen molar-refractivity contribution >= 4 is 18.6 Å². The number of nitrogens with zero attached hydrogens (tertiary/aromatic N) is 1. The van der Waals surface area contributed by atoms with Crippen LogP contribution in [0.5, 0.6) is 0 Å². The summed E-state index contributed by atoms with van der Waals surface area (Å²) in [5.41, 5.74) is -0.693. The van der Waals surface area contributed by atoms with E-state index in [1.54, 1.807) is 0 Å². The third-order valence-corrected chi connectivity index (χ3v) is 1.95. The summed E-state index contributed by atoms with van der Waals surface area (Å²) in [6.07, 6.45) is 0.736. The summed E-state index contributed by atoms with van der Waals surface area (Å²) < 4.78 is 9.64. The Morgan fingerprint density at radius 3 is 2.94 bits per heavy atom. The van der Waals surface area contributed by atoms with Gasteiger partial charge >= 0.3 is 11.7 Å². The first-order valence-corrected chi connectivity index (χ1v) is 5.33. The molecule has 0 aliphatic carbocycles. The Balaban J connectivity index is 2.80. The summed E-state index contributed by atoms with van der Waals surface area (Å²) in [7, 11) is 0. The fourth-order valence-corrected chi connectivity index (χ4v) is 1.20. The lowest BCUT2D eigenvalue weighted by Gasteiger charge is -2.17. The van der Waals surface area contributed by atoms with Gasteiger partial charge in [-0.15, -0.1) is 0 Å². The summed E-state index contributed by atoms with van der Waals surface area (Å²) in [5.74, 6) is -0.829. The number of rotatable bonds is 4. The van der Waals surface area contributed by atoms with Crippen LogP contribution in [0.4, 0.5) is 0 Å². The number of carbonyl (C=O) groups is 1. The first-order valence-electron chi connectivity index (χ1n) is 4.70. The highest BCUT2D eigenvalue weighted by atomic mass is 32.1. The second-order valence-corrected chi connectivity index (χ2v) is 3.37. The molecule has 8 heteroatoms. The van der Waals surface area contributed by atoms with Crippen molar-refractivity contribution in [2.24, 2.45) is 0 Å². The normalized spacial score (nSPS) is 18.1. The Labute approximate surface area is 97.3 Å². The number of hydrogen-bond acceptors (Lipinski definition) is 7. The monoisotopic (exact) mass is 248 g/mol. The standard InChI is InChI=1S/C8H12N2O5S/c11-8(15-4-5-16)6(10(12)13)7-9-2-1-3-14-7/h9,16H,1-5H2. The summed E-state index contributed by atoms with van der Waals surface area (Å²) >= 11 is 3.83. The summed E-state index contributed by atoms with van der Waals surface area (Å²) in [6, 6.07) is 0. The predicted octanol–water partition coefficient (Wildman–Crippen LogP) is -0.0849. The fourth-order valence-electron chi connectivity index (χ4n) is 1.11. The molecule has 1 fully saturated rings. The van der Waals surface area contributed by atoms with Gasteiger partial charge in [-0.3, -0.25) is 10.1 Å². The van der Waals surface area contributed by atoms with E-state index in [-0.39, 0.29) is 12.5 Å². The van der Waals surface area contributed by atoms with Crippen LogP contribution in [0.25, 0.3) is 0 Å².